The normalized spacial score (nSPS) is 19.1. The molecule has 6 nitrogen and oxygen atoms in total. The summed E-state index contributed by atoms with van der Waals surface area (Å²) in [6, 6.07) is 0. The van der Waals surface area contributed by atoms with Crippen molar-refractivity contribution in [1.29, 1.82) is 0 Å². The lowest BCUT2D eigenvalue weighted by molar-refractivity contribution is -0.132. The third-order valence-electron chi connectivity index (χ3n) is 3.55. The summed E-state index contributed by atoms with van der Waals surface area (Å²) in [4.78, 5) is 25.8. The Labute approximate surface area is 129 Å². The van der Waals surface area contributed by atoms with E-state index in [1.165, 1.54) is 0 Å². The van der Waals surface area contributed by atoms with Crippen molar-refractivity contribution in [3.05, 3.63) is 17.4 Å². The van der Waals surface area contributed by atoms with Crippen LogP contribution < -0.4 is 5.32 Å². The molecule has 1 atom stereocenters. The average Bonchev–Trinajstić information content (AvgIpc) is 2.95. The van der Waals surface area contributed by atoms with E-state index in [1.807, 2.05) is 20.8 Å². The van der Waals surface area contributed by atoms with Crippen LogP contribution in [-0.2, 0) is 16.1 Å². The molecule has 1 fully saturated rings. The molecule has 0 saturated carbocycles. The van der Waals surface area contributed by atoms with Gasteiger partial charge in [-0.1, -0.05) is 11.6 Å². The van der Waals surface area contributed by atoms with Crippen LogP contribution in [0.25, 0.3) is 0 Å². The van der Waals surface area contributed by atoms with E-state index in [0.717, 1.165) is 0 Å². The number of rotatable bonds is 4. The van der Waals surface area contributed by atoms with E-state index in [1.54, 1.807) is 22.0 Å². The molecule has 1 N–H and O–H groups in total. The van der Waals surface area contributed by atoms with Crippen molar-refractivity contribution in [3.63, 3.8) is 0 Å². The molecule has 0 aromatic carbocycles. The second kappa shape index (κ2) is 6.05. The Kier molecular flexibility index (Phi) is 4.56. The lowest BCUT2D eigenvalue weighted by atomic mass is 10.1. The molecular weight excluding hydrogens is 292 g/mol. The quantitative estimate of drug-likeness (QED) is 0.911. The Bertz CT molecular complexity index is 535. The van der Waals surface area contributed by atoms with Crippen molar-refractivity contribution < 1.29 is 9.59 Å². The van der Waals surface area contributed by atoms with E-state index >= 15 is 0 Å². The number of halogens is 1. The maximum Gasteiger partial charge on any atom is 0.225 e. The summed E-state index contributed by atoms with van der Waals surface area (Å²) < 4.78 is 1.67. The van der Waals surface area contributed by atoms with Crippen LogP contribution in [0.2, 0.25) is 5.02 Å². The van der Waals surface area contributed by atoms with Gasteiger partial charge in [0, 0.05) is 31.2 Å². The Balaban J connectivity index is 1.80. The fourth-order valence-electron chi connectivity index (χ4n) is 2.43. The Hall–Kier alpha value is -1.56. The molecule has 21 heavy (non-hydrogen) atoms. The van der Waals surface area contributed by atoms with Gasteiger partial charge in [0.2, 0.25) is 11.8 Å². The van der Waals surface area contributed by atoms with Crippen LogP contribution >= 0.6 is 11.6 Å². The molecule has 1 saturated heterocycles. The van der Waals surface area contributed by atoms with E-state index < -0.39 is 0 Å². The lowest BCUT2D eigenvalue weighted by Crippen LogP contribution is -2.43. The summed E-state index contributed by atoms with van der Waals surface area (Å²) in [6.45, 7) is 7.45. The molecule has 0 radical (unpaired) electrons. The minimum absolute atomic E-state index is 0.0431. The van der Waals surface area contributed by atoms with Crippen molar-refractivity contribution >= 4 is 23.4 Å². The van der Waals surface area contributed by atoms with E-state index in [0.29, 0.717) is 24.7 Å². The van der Waals surface area contributed by atoms with Gasteiger partial charge in [-0.05, 0) is 20.8 Å². The molecule has 1 aromatic rings. The number of aromatic nitrogens is 2. The lowest BCUT2D eigenvalue weighted by Gasteiger charge is -2.31. The summed E-state index contributed by atoms with van der Waals surface area (Å²) >= 11 is 5.77. The topological polar surface area (TPSA) is 67.2 Å². The van der Waals surface area contributed by atoms with Crippen LogP contribution in [0, 0.1) is 5.92 Å². The van der Waals surface area contributed by atoms with Crippen molar-refractivity contribution in [2.75, 3.05) is 13.1 Å². The highest BCUT2D eigenvalue weighted by molar-refractivity contribution is 6.30. The number of hydrogen-bond donors (Lipinski definition) is 1. The summed E-state index contributed by atoms with van der Waals surface area (Å²) in [5.74, 6) is -0.298. The first-order valence-electron chi connectivity index (χ1n) is 7.03. The van der Waals surface area contributed by atoms with Crippen LogP contribution in [0.3, 0.4) is 0 Å². The van der Waals surface area contributed by atoms with Gasteiger partial charge < -0.3 is 10.2 Å². The largest absolute Gasteiger partial charge is 0.354 e. The monoisotopic (exact) mass is 312 g/mol. The molecular formula is C14H21ClN4O2. The third-order valence-corrected chi connectivity index (χ3v) is 3.74. The zero-order valence-electron chi connectivity index (χ0n) is 12.6. The molecule has 2 heterocycles. The van der Waals surface area contributed by atoms with Crippen LogP contribution in [-0.4, -0.2) is 45.1 Å². The van der Waals surface area contributed by atoms with Crippen molar-refractivity contribution in [1.82, 2.24) is 20.0 Å². The van der Waals surface area contributed by atoms with E-state index in [4.69, 9.17) is 11.6 Å². The smallest absolute Gasteiger partial charge is 0.225 e. The zero-order valence-corrected chi connectivity index (χ0v) is 13.4. The highest BCUT2D eigenvalue weighted by Gasteiger charge is 2.39. The molecule has 0 bridgehead atoms. The Morgan fingerprint density at radius 2 is 2.24 bits per heavy atom. The van der Waals surface area contributed by atoms with Crippen LogP contribution in [0.4, 0.5) is 0 Å². The number of hydrogen-bond acceptors (Lipinski definition) is 3. The standard InChI is InChI=1S/C14H21ClN4O2/c1-14(2,3)19-8-10(6-12(19)20)13(21)16-4-5-18-9-11(15)7-17-18/h7,9-10H,4-6,8H2,1-3H3,(H,16,21). The highest BCUT2D eigenvalue weighted by atomic mass is 35.5. The Morgan fingerprint density at radius 1 is 1.52 bits per heavy atom. The molecule has 2 rings (SSSR count). The number of nitrogens with one attached hydrogen (secondary N) is 1. The maximum atomic E-state index is 12.1. The van der Waals surface area contributed by atoms with E-state index in [9.17, 15) is 9.59 Å². The van der Waals surface area contributed by atoms with Gasteiger partial charge in [-0.3, -0.25) is 14.3 Å². The maximum absolute atomic E-state index is 12.1. The summed E-state index contributed by atoms with van der Waals surface area (Å²) in [6.07, 6.45) is 3.55. The van der Waals surface area contributed by atoms with Gasteiger partial charge in [0.25, 0.3) is 0 Å². The highest BCUT2D eigenvalue weighted by Crippen LogP contribution is 2.25. The first-order chi connectivity index (χ1) is 9.77. The Morgan fingerprint density at radius 3 is 2.76 bits per heavy atom. The van der Waals surface area contributed by atoms with Crippen molar-refractivity contribution in [2.45, 2.75) is 39.3 Å². The molecule has 0 spiro atoms. The minimum Gasteiger partial charge on any atom is -0.354 e. The van der Waals surface area contributed by atoms with Crippen LogP contribution in [0.1, 0.15) is 27.2 Å². The van der Waals surface area contributed by atoms with Crippen LogP contribution in [0.15, 0.2) is 12.4 Å². The average molecular weight is 313 g/mol. The van der Waals surface area contributed by atoms with E-state index in [2.05, 4.69) is 10.4 Å². The SMILES string of the molecule is CC(C)(C)N1CC(C(=O)NCCn2cc(Cl)cn2)CC1=O. The fraction of sp³-hybridized carbons (Fsp3) is 0.643. The molecule has 1 aliphatic rings. The first kappa shape index (κ1) is 15.8. The first-order valence-corrected chi connectivity index (χ1v) is 7.41. The third kappa shape index (κ3) is 3.97. The predicted molar refractivity (Wildman–Crippen MR) is 79.8 cm³/mol. The molecule has 1 aromatic heterocycles. The van der Waals surface area contributed by atoms with Gasteiger partial charge in [0.15, 0.2) is 0 Å². The number of nitrogens with zero attached hydrogens (tertiary/aromatic N) is 3. The van der Waals surface area contributed by atoms with Gasteiger partial charge in [-0.25, -0.2) is 0 Å². The number of likely N-dealkylation sites (tertiary alicyclic amines) is 1. The molecule has 7 heteroatoms. The second-order valence-corrected chi connectivity index (χ2v) is 6.73. The molecule has 0 aliphatic carbocycles. The minimum atomic E-state index is -0.266. The second-order valence-electron chi connectivity index (χ2n) is 6.29. The number of carbonyl (C=O) groups excluding carboxylic acids is 2. The zero-order chi connectivity index (χ0) is 15.6. The van der Waals surface area contributed by atoms with Gasteiger partial charge in [-0.2, -0.15) is 5.10 Å². The summed E-state index contributed by atoms with van der Waals surface area (Å²) in [5, 5.41) is 7.46. The van der Waals surface area contributed by atoms with Gasteiger partial charge in [0.05, 0.1) is 23.7 Å². The van der Waals surface area contributed by atoms with Gasteiger partial charge in [0.1, 0.15) is 0 Å². The fourth-order valence-corrected chi connectivity index (χ4v) is 2.59. The number of amides is 2. The summed E-state index contributed by atoms with van der Waals surface area (Å²) in [7, 11) is 0. The van der Waals surface area contributed by atoms with Crippen molar-refractivity contribution in [2.24, 2.45) is 5.92 Å². The predicted octanol–water partition coefficient (Wildman–Crippen LogP) is 1.30. The van der Waals surface area contributed by atoms with Gasteiger partial charge >= 0.3 is 0 Å². The molecule has 2 amide bonds. The molecule has 116 valence electrons. The van der Waals surface area contributed by atoms with Crippen LogP contribution in [0.5, 0.6) is 0 Å². The van der Waals surface area contributed by atoms with Gasteiger partial charge in [-0.15, -0.1) is 0 Å². The van der Waals surface area contributed by atoms with E-state index in [-0.39, 0.29) is 29.7 Å². The summed E-state index contributed by atoms with van der Waals surface area (Å²) in [5.41, 5.74) is -0.238. The van der Waals surface area contributed by atoms with Crippen molar-refractivity contribution in [3.8, 4) is 0 Å². The molecule has 1 aliphatic heterocycles. The molecule has 1 unspecified atom stereocenters. The number of carbonyl (C=O) groups is 2.